The average Bonchev–Trinajstić information content (AvgIpc) is 2.68. The van der Waals surface area contributed by atoms with E-state index in [0.29, 0.717) is 16.1 Å². The van der Waals surface area contributed by atoms with Gasteiger partial charge in [-0.3, -0.25) is 4.79 Å². The number of rotatable bonds is 5. The molecular weight excluding hydrogens is 362 g/mol. The van der Waals surface area contributed by atoms with Crippen molar-refractivity contribution in [2.45, 2.75) is 0 Å². The van der Waals surface area contributed by atoms with Gasteiger partial charge < -0.3 is 10.4 Å². The Morgan fingerprint density at radius 1 is 0.889 bits per heavy atom. The molecule has 0 heterocycles. The first-order valence-corrected chi connectivity index (χ1v) is 8.59. The number of carboxylic acids is 1. The number of halogens is 1. The first-order chi connectivity index (χ1) is 13.0. The van der Waals surface area contributed by atoms with Crippen LogP contribution in [-0.4, -0.2) is 17.0 Å². The van der Waals surface area contributed by atoms with Crippen LogP contribution in [0.3, 0.4) is 0 Å². The summed E-state index contributed by atoms with van der Waals surface area (Å²) in [6.45, 7) is 0. The molecule has 0 saturated carbocycles. The van der Waals surface area contributed by atoms with E-state index in [2.05, 4.69) is 5.32 Å². The third kappa shape index (κ3) is 4.63. The molecule has 134 valence electrons. The van der Waals surface area contributed by atoms with E-state index in [1.54, 1.807) is 42.5 Å². The molecule has 0 fully saturated rings. The third-order valence-electron chi connectivity index (χ3n) is 3.90. The number of carboxylic acid groups (broad SMARTS) is 1. The van der Waals surface area contributed by atoms with Gasteiger partial charge >= 0.3 is 5.97 Å². The Kier molecular flexibility index (Phi) is 5.69. The monoisotopic (exact) mass is 377 g/mol. The van der Waals surface area contributed by atoms with Gasteiger partial charge in [0, 0.05) is 16.1 Å². The Morgan fingerprint density at radius 2 is 1.59 bits per heavy atom. The van der Waals surface area contributed by atoms with Crippen LogP contribution < -0.4 is 5.32 Å². The van der Waals surface area contributed by atoms with E-state index >= 15 is 0 Å². The zero-order valence-corrected chi connectivity index (χ0v) is 15.0. The molecule has 0 aromatic heterocycles. The Labute approximate surface area is 161 Å². The molecule has 0 aliphatic carbocycles. The van der Waals surface area contributed by atoms with E-state index in [-0.39, 0.29) is 5.70 Å². The van der Waals surface area contributed by atoms with E-state index in [1.165, 1.54) is 6.08 Å². The Hall–Kier alpha value is -3.37. The summed E-state index contributed by atoms with van der Waals surface area (Å²) in [5.41, 5.74) is 2.51. The number of hydrogen-bond donors (Lipinski definition) is 2. The Balaban J connectivity index is 1.91. The summed E-state index contributed by atoms with van der Waals surface area (Å²) in [5.74, 6) is -1.70. The lowest BCUT2D eigenvalue weighted by atomic mass is 10.0. The van der Waals surface area contributed by atoms with Crippen LogP contribution in [0.25, 0.3) is 17.2 Å². The number of nitrogens with one attached hydrogen (secondary N) is 1. The Bertz CT molecular complexity index is 1010. The van der Waals surface area contributed by atoms with Crippen molar-refractivity contribution in [1.29, 1.82) is 0 Å². The molecular formula is C22H16ClNO3. The van der Waals surface area contributed by atoms with Crippen molar-refractivity contribution in [1.82, 2.24) is 5.32 Å². The van der Waals surface area contributed by atoms with Crippen molar-refractivity contribution in [2.75, 3.05) is 0 Å². The first kappa shape index (κ1) is 18.4. The molecule has 1 amide bonds. The molecule has 0 saturated heterocycles. The van der Waals surface area contributed by atoms with Gasteiger partial charge in [0.2, 0.25) is 0 Å². The van der Waals surface area contributed by atoms with Crippen LogP contribution in [-0.2, 0) is 4.79 Å². The van der Waals surface area contributed by atoms with Gasteiger partial charge in [-0.2, -0.15) is 0 Å². The fourth-order valence-electron chi connectivity index (χ4n) is 2.59. The second-order valence-corrected chi connectivity index (χ2v) is 6.20. The molecule has 0 spiro atoms. The fraction of sp³-hybridized carbons (Fsp3) is 0. The normalized spacial score (nSPS) is 11.1. The van der Waals surface area contributed by atoms with E-state index < -0.39 is 11.9 Å². The minimum absolute atomic E-state index is 0.208. The van der Waals surface area contributed by atoms with E-state index in [9.17, 15) is 14.7 Å². The quantitative estimate of drug-likeness (QED) is 0.624. The summed E-state index contributed by atoms with van der Waals surface area (Å²) in [6, 6.07) is 23.1. The van der Waals surface area contributed by atoms with Crippen molar-refractivity contribution in [3.05, 3.63) is 101 Å². The first-order valence-electron chi connectivity index (χ1n) is 8.21. The number of amides is 1. The smallest absolute Gasteiger partial charge is 0.352 e. The highest BCUT2D eigenvalue weighted by Gasteiger charge is 2.13. The minimum atomic E-state index is -1.22. The molecule has 0 atom stereocenters. The third-order valence-corrected chi connectivity index (χ3v) is 4.23. The van der Waals surface area contributed by atoms with Crippen LogP contribution in [0.2, 0.25) is 5.02 Å². The fourth-order valence-corrected chi connectivity index (χ4v) is 2.84. The maximum atomic E-state index is 12.3. The molecule has 0 aliphatic rings. The summed E-state index contributed by atoms with van der Waals surface area (Å²) in [7, 11) is 0. The highest BCUT2D eigenvalue weighted by Crippen LogP contribution is 2.28. The second kappa shape index (κ2) is 8.34. The van der Waals surface area contributed by atoms with Gasteiger partial charge in [-0.05, 0) is 41.5 Å². The molecule has 0 bridgehead atoms. The van der Waals surface area contributed by atoms with Gasteiger partial charge in [0.05, 0.1) is 0 Å². The van der Waals surface area contributed by atoms with Crippen molar-refractivity contribution in [2.24, 2.45) is 0 Å². The SMILES string of the molecule is O=C(O)C(=Cc1cccc(-c2ccccc2Cl)c1)NC(=O)c1ccccc1. The zero-order valence-electron chi connectivity index (χ0n) is 14.2. The second-order valence-electron chi connectivity index (χ2n) is 5.79. The highest BCUT2D eigenvalue weighted by molar-refractivity contribution is 6.33. The Morgan fingerprint density at radius 3 is 2.30 bits per heavy atom. The van der Waals surface area contributed by atoms with Crippen LogP contribution in [0.4, 0.5) is 0 Å². The molecule has 27 heavy (non-hydrogen) atoms. The van der Waals surface area contributed by atoms with E-state index in [4.69, 9.17) is 11.6 Å². The van der Waals surface area contributed by atoms with E-state index in [0.717, 1.165) is 11.1 Å². The average molecular weight is 378 g/mol. The summed E-state index contributed by atoms with van der Waals surface area (Å²) >= 11 is 6.24. The van der Waals surface area contributed by atoms with Crippen LogP contribution >= 0.6 is 11.6 Å². The van der Waals surface area contributed by atoms with Crippen molar-refractivity contribution >= 4 is 29.6 Å². The minimum Gasteiger partial charge on any atom is -0.477 e. The lowest BCUT2D eigenvalue weighted by molar-refractivity contribution is -0.132. The molecule has 0 unspecified atom stereocenters. The molecule has 4 nitrogen and oxygen atoms in total. The van der Waals surface area contributed by atoms with Crippen LogP contribution in [0.15, 0.2) is 84.6 Å². The molecule has 3 aromatic rings. The van der Waals surface area contributed by atoms with Crippen LogP contribution in [0.5, 0.6) is 0 Å². The number of hydrogen-bond acceptors (Lipinski definition) is 2. The molecule has 3 rings (SSSR count). The topological polar surface area (TPSA) is 66.4 Å². The number of benzene rings is 3. The standard InChI is InChI=1S/C22H16ClNO3/c23-19-12-5-4-11-18(19)17-10-6-7-15(13-17)14-20(22(26)27)24-21(25)16-8-2-1-3-9-16/h1-14H,(H,24,25)(H,26,27). The van der Waals surface area contributed by atoms with Gasteiger partial charge in [-0.1, -0.05) is 66.2 Å². The molecule has 2 N–H and O–H groups in total. The summed E-state index contributed by atoms with van der Waals surface area (Å²) in [5, 5.41) is 12.5. The number of aliphatic carboxylic acids is 1. The summed E-state index contributed by atoms with van der Waals surface area (Å²) in [6.07, 6.45) is 1.42. The van der Waals surface area contributed by atoms with Gasteiger partial charge in [0.25, 0.3) is 5.91 Å². The lowest BCUT2D eigenvalue weighted by Gasteiger charge is -2.08. The van der Waals surface area contributed by atoms with Gasteiger partial charge in [0.15, 0.2) is 0 Å². The number of carbonyl (C=O) groups is 2. The van der Waals surface area contributed by atoms with Gasteiger partial charge in [-0.15, -0.1) is 0 Å². The van der Waals surface area contributed by atoms with Crippen molar-refractivity contribution in [3.8, 4) is 11.1 Å². The van der Waals surface area contributed by atoms with Gasteiger partial charge in [0.1, 0.15) is 5.70 Å². The number of carbonyl (C=O) groups excluding carboxylic acids is 1. The molecule has 3 aromatic carbocycles. The predicted molar refractivity (Wildman–Crippen MR) is 106 cm³/mol. The maximum Gasteiger partial charge on any atom is 0.352 e. The molecule has 0 radical (unpaired) electrons. The summed E-state index contributed by atoms with van der Waals surface area (Å²) < 4.78 is 0. The zero-order chi connectivity index (χ0) is 19.2. The van der Waals surface area contributed by atoms with Crippen LogP contribution in [0, 0.1) is 0 Å². The predicted octanol–water partition coefficient (Wildman–Crippen LogP) is 4.86. The van der Waals surface area contributed by atoms with Gasteiger partial charge in [-0.25, -0.2) is 4.79 Å². The van der Waals surface area contributed by atoms with Crippen molar-refractivity contribution in [3.63, 3.8) is 0 Å². The van der Waals surface area contributed by atoms with Crippen molar-refractivity contribution < 1.29 is 14.7 Å². The lowest BCUT2D eigenvalue weighted by Crippen LogP contribution is -2.27. The molecule has 0 aliphatic heterocycles. The molecule has 5 heteroatoms. The maximum absolute atomic E-state index is 12.3. The largest absolute Gasteiger partial charge is 0.477 e. The van der Waals surface area contributed by atoms with E-state index in [1.807, 2.05) is 36.4 Å². The highest BCUT2D eigenvalue weighted by atomic mass is 35.5. The summed E-state index contributed by atoms with van der Waals surface area (Å²) in [4.78, 5) is 23.8. The van der Waals surface area contributed by atoms with Crippen LogP contribution in [0.1, 0.15) is 15.9 Å².